The molecule has 7 nitrogen and oxygen atoms in total. The first kappa shape index (κ1) is 19.6. The number of rotatable bonds is 8. The molecule has 0 saturated carbocycles. The molecule has 0 aliphatic heterocycles. The van der Waals surface area contributed by atoms with Crippen LogP contribution in [0.5, 0.6) is 11.5 Å². The molecule has 1 aromatic heterocycles. The molecule has 28 heavy (non-hydrogen) atoms. The highest BCUT2D eigenvalue weighted by atomic mass is 32.1. The van der Waals surface area contributed by atoms with Gasteiger partial charge >= 0.3 is 0 Å². The Balaban J connectivity index is 1.65. The Labute approximate surface area is 167 Å². The number of nitrogen functional groups attached to an aromatic ring is 1. The largest absolute Gasteiger partial charge is 0.493 e. The predicted molar refractivity (Wildman–Crippen MR) is 112 cm³/mol. The van der Waals surface area contributed by atoms with Crippen LogP contribution in [-0.4, -0.2) is 30.8 Å². The zero-order chi connectivity index (χ0) is 19.9. The van der Waals surface area contributed by atoms with E-state index >= 15 is 0 Å². The van der Waals surface area contributed by atoms with Gasteiger partial charge in [0.15, 0.2) is 16.6 Å². The van der Waals surface area contributed by atoms with Gasteiger partial charge in [0.2, 0.25) is 5.91 Å². The summed E-state index contributed by atoms with van der Waals surface area (Å²) in [4.78, 5) is 16.4. The molecule has 3 aromatic rings. The number of aromatic nitrogens is 1. The van der Waals surface area contributed by atoms with Gasteiger partial charge in [0.25, 0.3) is 0 Å². The molecule has 0 radical (unpaired) electrons. The lowest BCUT2D eigenvalue weighted by Crippen LogP contribution is -2.19. The summed E-state index contributed by atoms with van der Waals surface area (Å²) >= 11 is 1.40. The molecular formula is C20H22N4O3S. The summed E-state index contributed by atoms with van der Waals surface area (Å²) in [6.45, 7) is 2.60. The molecule has 0 saturated heterocycles. The average molecular weight is 398 g/mol. The number of nitrogens with one attached hydrogen (secondary N) is 1. The second kappa shape index (κ2) is 9.18. The molecule has 0 bridgehead atoms. The van der Waals surface area contributed by atoms with Crippen molar-refractivity contribution >= 4 is 38.8 Å². The smallest absolute Gasteiger partial charge is 0.244 e. The minimum absolute atomic E-state index is 0.211. The standard InChI is InChI=1S/C20H22N4O3S/c1-3-9-27-19-14(5-4-6-16(19)26-2)12-22-24-18(25)11-13-7-8-15-17(10-13)28-20(21)23-15/h4-8,10,12H,3,9,11H2,1-2H3,(H2,21,23)(H,24,25)/b22-12-. The van der Waals surface area contributed by atoms with Crippen LogP contribution in [0.2, 0.25) is 0 Å². The molecule has 0 unspecified atom stereocenters. The molecule has 0 aliphatic rings. The average Bonchev–Trinajstić information content (AvgIpc) is 3.06. The highest BCUT2D eigenvalue weighted by Gasteiger charge is 2.09. The molecule has 8 heteroatoms. The summed E-state index contributed by atoms with van der Waals surface area (Å²) in [5.41, 5.74) is 10.7. The van der Waals surface area contributed by atoms with Crippen molar-refractivity contribution in [3.8, 4) is 11.5 Å². The van der Waals surface area contributed by atoms with Crippen molar-refractivity contribution in [2.75, 3.05) is 19.5 Å². The van der Waals surface area contributed by atoms with Crippen LogP contribution in [0.15, 0.2) is 41.5 Å². The van der Waals surface area contributed by atoms with Gasteiger partial charge in [0.1, 0.15) is 0 Å². The van der Waals surface area contributed by atoms with Crippen LogP contribution in [-0.2, 0) is 11.2 Å². The molecule has 3 rings (SSSR count). The van der Waals surface area contributed by atoms with Crippen molar-refractivity contribution in [1.29, 1.82) is 0 Å². The van der Waals surface area contributed by atoms with Crippen molar-refractivity contribution in [1.82, 2.24) is 10.4 Å². The number of carbonyl (C=O) groups is 1. The highest BCUT2D eigenvalue weighted by molar-refractivity contribution is 7.22. The van der Waals surface area contributed by atoms with Gasteiger partial charge < -0.3 is 15.2 Å². The minimum atomic E-state index is -0.216. The van der Waals surface area contributed by atoms with E-state index in [0.29, 0.717) is 23.2 Å². The molecule has 0 aliphatic carbocycles. The van der Waals surface area contributed by atoms with Crippen LogP contribution in [0.3, 0.4) is 0 Å². The summed E-state index contributed by atoms with van der Waals surface area (Å²) in [5, 5.41) is 4.57. The van der Waals surface area contributed by atoms with Crippen molar-refractivity contribution < 1.29 is 14.3 Å². The van der Waals surface area contributed by atoms with Gasteiger partial charge in [-0.1, -0.05) is 30.4 Å². The quantitative estimate of drug-likeness (QED) is 0.448. The first-order valence-corrected chi connectivity index (χ1v) is 9.69. The Morgan fingerprint density at radius 1 is 1.36 bits per heavy atom. The molecule has 1 heterocycles. The second-order valence-electron chi connectivity index (χ2n) is 6.05. The van der Waals surface area contributed by atoms with Crippen molar-refractivity contribution in [2.24, 2.45) is 5.10 Å². The van der Waals surface area contributed by atoms with E-state index in [2.05, 4.69) is 15.5 Å². The summed E-state index contributed by atoms with van der Waals surface area (Å²) in [6, 6.07) is 11.2. The van der Waals surface area contributed by atoms with Gasteiger partial charge in [-0.2, -0.15) is 5.10 Å². The number of fused-ring (bicyclic) bond motifs is 1. The summed E-state index contributed by atoms with van der Waals surface area (Å²) in [6.07, 6.45) is 2.64. The molecule has 0 spiro atoms. The van der Waals surface area contributed by atoms with E-state index in [1.54, 1.807) is 13.3 Å². The Hall–Kier alpha value is -3.13. The highest BCUT2D eigenvalue weighted by Crippen LogP contribution is 2.30. The van der Waals surface area contributed by atoms with Crippen molar-refractivity contribution in [3.63, 3.8) is 0 Å². The first-order valence-electron chi connectivity index (χ1n) is 8.87. The third-order valence-electron chi connectivity index (χ3n) is 3.91. The maximum atomic E-state index is 12.2. The molecular weight excluding hydrogens is 376 g/mol. The number of nitrogens with two attached hydrogens (primary N) is 1. The number of benzene rings is 2. The lowest BCUT2D eigenvalue weighted by atomic mass is 10.1. The van der Waals surface area contributed by atoms with E-state index in [9.17, 15) is 4.79 Å². The summed E-state index contributed by atoms with van der Waals surface area (Å²) in [5.74, 6) is 1.02. The van der Waals surface area contributed by atoms with Gasteiger partial charge in [0.05, 0.1) is 36.6 Å². The molecule has 1 amide bonds. The van der Waals surface area contributed by atoms with Crippen molar-refractivity contribution in [3.05, 3.63) is 47.5 Å². The normalized spacial score (nSPS) is 11.1. The monoisotopic (exact) mass is 398 g/mol. The van der Waals surface area contributed by atoms with E-state index < -0.39 is 0 Å². The molecule has 0 atom stereocenters. The number of ether oxygens (including phenoxy) is 2. The Bertz CT molecular complexity index is 1000. The van der Waals surface area contributed by atoms with Gasteiger partial charge in [-0.25, -0.2) is 10.4 Å². The number of amides is 1. The molecule has 0 fully saturated rings. The number of anilines is 1. The van der Waals surface area contributed by atoms with E-state index in [-0.39, 0.29) is 12.3 Å². The van der Waals surface area contributed by atoms with Crippen LogP contribution in [0.4, 0.5) is 5.13 Å². The Morgan fingerprint density at radius 2 is 2.21 bits per heavy atom. The number of para-hydroxylation sites is 1. The predicted octanol–water partition coefficient (Wildman–Crippen LogP) is 3.37. The molecule has 146 valence electrons. The Kier molecular flexibility index (Phi) is 6.44. The topological polar surface area (TPSA) is 98.8 Å². The fourth-order valence-corrected chi connectivity index (χ4v) is 3.45. The number of hydrogen-bond acceptors (Lipinski definition) is 7. The van der Waals surface area contributed by atoms with Crippen LogP contribution in [0.25, 0.3) is 10.2 Å². The van der Waals surface area contributed by atoms with Crippen LogP contribution < -0.4 is 20.6 Å². The summed E-state index contributed by atoms with van der Waals surface area (Å²) in [7, 11) is 1.59. The zero-order valence-corrected chi connectivity index (χ0v) is 16.6. The second-order valence-corrected chi connectivity index (χ2v) is 7.11. The van der Waals surface area contributed by atoms with Gasteiger partial charge in [-0.05, 0) is 36.2 Å². The van der Waals surface area contributed by atoms with E-state index in [1.165, 1.54) is 11.3 Å². The number of nitrogens with zero attached hydrogens (tertiary/aromatic N) is 2. The van der Waals surface area contributed by atoms with E-state index in [1.807, 2.05) is 43.3 Å². The number of thiazole rings is 1. The van der Waals surface area contributed by atoms with Crippen molar-refractivity contribution in [2.45, 2.75) is 19.8 Å². The number of hydrazone groups is 1. The third-order valence-corrected chi connectivity index (χ3v) is 4.75. The lowest BCUT2D eigenvalue weighted by molar-refractivity contribution is -0.120. The van der Waals surface area contributed by atoms with Crippen LogP contribution >= 0.6 is 11.3 Å². The van der Waals surface area contributed by atoms with Crippen LogP contribution in [0, 0.1) is 0 Å². The Morgan fingerprint density at radius 3 is 3.00 bits per heavy atom. The fraction of sp³-hybridized carbons (Fsp3) is 0.250. The first-order chi connectivity index (χ1) is 13.6. The van der Waals surface area contributed by atoms with E-state index in [4.69, 9.17) is 15.2 Å². The minimum Gasteiger partial charge on any atom is -0.493 e. The zero-order valence-electron chi connectivity index (χ0n) is 15.8. The van der Waals surface area contributed by atoms with Crippen LogP contribution in [0.1, 0.15) is 24.5 Å². The third kappa shape index (κ3) is 4.77. The summed E-state index contributed by atoms with van der Waals surface area (Å²) < 4.78 is 12.1. The van der Waals surface area contributed by atoms with Gasteiger partial charge in [-0.3, -0.25) is 4.79 Å². The molecule has 3 N–H and O–H groups in total. The number of methoxy groups -OCH3 is 1. The van der Waals surface area contributed by atoms with Gasteiger partial charge in [0, 0.05) is 5.56 Å². The fourth-order valence-electron chi connectivity index (χ4n) is 2.65. The maximum absolute atomic E-state index is 12.2. The lowest BCUT2D eigenvalue weighted by Gasteiger charge is -2.12. The maximum Gasteiger partial charge on any atom is 0.244 e. The number of carbonyl (C=O) groups excluding carboxylic acids is 1. The van der Waals surface area contributed by atoms with E-state index in [0.717, 1.165) is 27.8 Å². The SMILES string of the molecule is CCCOc1c(/C=N\NC(=O)Cc2ccc3nc(N)sc3c2)cccc1OC. The number of hydrogen-bond donors (Lipinski definition) is 2. The molecule has 2 aromatic carbocycles. The van der Waals surface area contributed by atoms with Gasteiger partial charge in [-0.15, -0.1) is 0 Å².